The summed E-state index contributed by atoms with van der Waals surface area (Å²) in [6.07, 6.45) is -0.596. The molecule has 1 aromatic carbocycles. The number of aliphatic hydroxyl groups is 1. The largest absolute Gasteiger partial charge is 0.392 e. The third kappa shape index (κ3) is 5.15. The van der Waals surface area contributed by atoms with E-state index in [1.165, 1.54) is 0 Å². The lowest BCUT2D eigenvalue weighted by Crippen LogP contribution is -2.46. The number of nitrogens with one attached hydrogen (secondary N) is 1. The smallest absolute Gasteiger partial charge is 0.251 e. The van der Waals surface area contributed by atoms with E-state index >= 15 is 0 Å². The van der Waals surface area contributed by atoms with E-state index in [2.05, 4.69) is 5.32 Å². The molecule has 2 amide bonds. The number of carbonyl (C=O) groups is 2. The molecule has 1 rings (SSSR count). The zero-order valence-electron chi connectivity index (χ0n) is 14.0. The Morgan fingerprint density at radius 1 is 1.18 bits per heavy atom. The van der Waals surface area contributed by atoms with Crippen molar-refractivity contribution in [3.63, 3.8) is 0 Å². The van der Waals surface area contributed by atoms with Crippen LogP contribution in [-0.2, 0) is 4.79 Å². The van der Waals surface area contributed by atoms with Crippen LogP contribution < -0.4 is 5.32 Å². The molecule has 122 valence electrons. The first-order valence-corrected chi connectivity index (χ1v) is 7.55. The zero-order valence-corrected chi connectivity index (χ0v) is 14.0. The molecule has 0 heterocycles. The average molecular weight is 306 g/mol. The molecule has 0 spiro atoms. The maximum Gasteiger partial charge on any atom is 0.251 e. The molecule has 0 aromatic heterocycles. The summed E-state index contributed by atoms with van der Waals surface area (Å²) >= 11 is 0. The minimum Gasteiger partial charge on any atom is -0.392 e. The lowest BCUT2D eigenvalue weighted by Gasteiger charge is -2.28. The van der Waals surface area contributed by atoms with Crippen molar-refractivity contribution in [2.45, 2.75) is 46.8 Å². The van der Waals surface area contributed by atoms with E-state index in [0.717, 1.165) is 11.1 Å². The van der Waals surface area contributed by atoms with Crippen LogP contribution in [0, 0.1) is 13.8 Å². The fraction of sp³-hybridized carbons (Fsp3) is 0.529. The quantitative estimate of drug-likeness (QED) is 0.839. The Morgan fingerprint density at radius 3 is 2.32 bits per heavy atom. The molecule has 1 aromatic rings. The first-order valence-electron chi connectivity index (χ1n) is 7.55. The second-order valence-corrected chi connectivity index (χ2v) is 5.97. The first-order chi connectivity index (χ1) is 10.2. The molecule has 0 aliphatic heterocycles. The Labute approximate surface area is 132 Å². The maximum atomic E-state index is 12.2. The van der Waals surface area contributed by atoms with Crippen LogP contribution in [0.15, 0.2) is 18.2 Å². The van der Waals surface area contributed by atoms with Gasteiger partial charge in [-0.25, -0.2) is 0 Å². The van der Waals surface area contributed by atoms with E-state index in [1.54, 1.807) is 17.9 Å². The van der Waals surface area contributed by atoms with Crippen molar-refractivity contribution < 1.29 is 14.7 Å². The summed E-state index contributed by atoms with van der Waals surface area (Å²) in [4.78, 5) is 25.8. The van der Waals surface area contributed by atoms with E-state index in [4.69, 9.17) is 0 Å². The highest BCUT2D eigenvalue weighted by Crippen LogP contribution is 2.09. The molecule has 22 heavy (non-hydrogen) atoms. The van der Waals surface area contributed by atoms with E-state index in [0.29, 0.717) is 5.56 Å². The highest BCUT2D eigenvalue weighted by Gasteiger charge is 2.19. The molecule has 5 nitrogen and oxygen atoms in total. The van der Waals surface area contributed by atoms with E-state index in [-0.39, 0.29) is 30.9 Å². The van der Waals surface area contributed by atoms with Crippen LogP contribution in [0.2, 0.25) is 0 Å². The summed E-state index contributed by atoms with van der Waals surface area (Å²) in [5.41, 5.74) is 2.70. The van der Waals surface area contributed by atoms with Gasteiger partial charge in [0, 0.05) is 18.2 Å². The summed E-state index contributed by atoms with van der Waals surface area (Å²) in [6, 6.07) is 5.42. The summed E-state index contributed by atoms with van der Waals surface area (Å²) in [5.74, 6) is -0.467. The summed E-state index contributed by atoms with van der Waals surface area (Å²) < 4.78 is 0. The Morgan fingerprint density at radius 2 is 1.82 bits per heavy atom. The fourth-order valence-corrected chi connectivity index (χ4v) is 2.13. The van der Waals surface area contributed by atoms with Gasteiger partial charge in [-0.2, -0.15) is 0 Å². The number of amides is 2. The van der Waals surface area contributed by atoms with Gasteiger partial charge in [-0.1, -0.05) is 6.07 Å². The van der Waals surface area contributed by atoms with Gasteiger partial charge < -0.3 is 15.3 Å². The molecule has 1 atom stereocenters. The van der Waals surface area contributed by atoms with E-state index < -0.39 is 6.10 Å². The normalized spacial score (nSPS) is 12.1. The third-order valence-electron chi connectivity index (χ3n) is 3.57. The topological polar surface area (TPSA) is 69.6 Å². The van der Waals surface area contributed by atoms with Gasteiger partial charge in [-0.05, 0) is 57.9 Å². The SMILES string of the molecule is Cc1ccc(C(=O)NCC(=O)N(CC(C)O)C(C)C)cc1C. The molecular formula is C17H26N2O3. The third-order valence-corrected chi connectivity index (χ3v) is 3.57. The minimum absolute atomic E-state index is 0.0272. The maximum absolute atomic E-state index is 12.2. The number of aryl methyl sites for hydroxylation is 2. The van der Waals surface area contributed by atoms with Crippen LogP contribution in [0.25, 0.3) is 0 Å². The van der Waals surface area contributed by atoms with Crippen molar-refractivity contribution in [3.05, 3.63) is 34.9 Å². The highest BCUT2D eigenvalue weighted by molar-refractivity contribution is 5.96. The van der Waals surface area contributed by atoms with E-state index in [1.807, 2.05) is 39.8 Å². The Hall–Kier alpha value is -1.88. The molecule has 1 unspecified atom stereocenters. The molecule has 0 saturated carbocycles. The molecule has 0 aliphatic carbocycles. The Balaban J connectivity index is 2.65. The lowest BCUT2D eigenvalue weighted by molar-refractivity contribution is -0.133. The predicted octanol–water partition coefficient (Wildman–Crippen LogP) is 1.65. The molecule has 5 heteroatoms. The number of nitrogens with zero attached hydrogens (tertiary/aromatic N) is 1. The minimum atomic E-state index is -0.596. The van der Waals surface area contributed by atoms with Crippen LogP contribution in [0.4, 0.5) is 0 Å². The van der Waals surface area contributed by atoms with Crippen molar-refractivity contribution in [2.75, 3.05) is 13.1 Å². The average Bonchev–Trinajstić information content (AvgIpc) is 2.44. The number of carbonyl (C=O) groups excluding carboxylic acids is 2. The summed E-state index contributed by atoms with van der Waals surface area (Å²) in [5, 5.41) is 12.1. The molecule has 0 radical (unpaired) electrons. The monoisotopic (exact) mass is 306 g/mol. The molecule has 0 bridgehead atoms. The van der Waals surface area contributed by atoms with Crippen LogP contribution >= 0.6 is 0 Å². The standard InChI is InChI=1S/C17H26N2O3/c1-11(2)19(10-14(5)20)16(21)9-18-17(22)15-7-6-12(3)13(4)8-15/h6-8,11,14,20H,9-10H2,1-5H3,(H,18,22). The van der Waals surface area contributed by atoms with Gasteiger partial charge in [0.1, 0.15) is 0 Å². The second kappa shape index (κ2) is 7.94. The summed E-state index contributed by atoms with van der Waals surface area (Å²) in [7, 11) is 0. The molecular weight excluding hydrogens is 280 g/mol. The van der Waals surface area contributed by atoms with Gasteiger partial charge >= 0.3 is 0 Å². The van der Waals surface area contributed by atoms with Gasteiger partial charge in [0.25, 0.3) is 5.91 Å². The number of benzene rings is 1. The van der Waals surface area contributed by atoms with Crippen molar-refractivity contribution in [2.24, 2.45) is 0 Å². The molecule has 0 aliphatic rings. The Kier molecular flexibility index (Phi) is 6.56. The van der Waals surface area contributed by atoms with Crippen LogP contribution in [-0.4, -0.2) is 47.1 Å². The van der Waals surface area contributed by atoms with Crippen molar-refractivity contribution >= 4 is 11.8 Å². The highest BCUT2D eigenvalue weighted by atomic mass is 16.3. The number of hydrogen-bond acceptors (Lipinski definition) is 3. The fourth-order valence-electron chi connectivity index (χ4n) is 2.13. The summed E-state index contributed by atoms with van der Waals surface area (Å²) in [6.45, 7) is 9.51. The van der Waals surface area contributed by atoms with Crippen LogP contribution in [0.3, 0.4) is 0 Å². The molecule has 2 N–H and O–H groups in total. The second-order valence-electron chi connectivity index (χ2n) is 5.97. The van der Waals surface area contributed by atoms with Gasteiger partial charge in [0.2, 0.25) is 5.91 Å². The van der Waals surface area contributed by atoms with Crippen molar-refractivity contribution in [3.8, 4) is 0 Å². The zero-order chi connectivity index (χ0) is 16.9. The van der Waals surface area contributed by atoms with Crippen LogP contribution in [0.5, 0.6) is 0 Å². The van der Waals surface area contributed by atoms with E-state index in [9.17, 15) is 14.7 Å². The Bertz CT molecular complexity index is 539. The van der Waals surface area contributed by atoms with Gasteiger partial charge in [-0.15, -0.1) is 0 Å². The molecule has 0 saturated heterocycles. The van der Waals surface area contributed by atoms with Gasteiger partial charge in [-0.3, -0.25) is 9.59 Å². The number of aliphatic hydroxyl groups excluding tert-OH is 1. The van der Waals surface area contributed by atoms with Gasteiger partial charge in [0.05, 0.1) is 12.6 Å². The lowest BCUT2D eigenvalue weighted by atomic mass is 10.1. The van der Waals surface area contributed by atoms with Crippen molar-refractivity contribution in [1.82, 2.24) is 10.2 Å². The van der Waals surface area contributed by atoms with Crippen molar-refractivity contribution in [1.29, 1.82) is 0 Å². The predicted molar refractivity (Wildman–Crippen MR) is 86.8 cm³/mol. The number of hydrogen-bond donors (Lipinski definition) is 2. The van der Waals surface area contributed by atoms with Gasteiger partial charge in [0.15, 0.2) is 0 Å². The molecule has 0 fully saturated rings. The number of rotatable bonds is 6. The van der Waals surface area contributed by atoms with Crippen LogP contribution in [0.1, 0.15) is 42.3 Å². The first kappa shape index (κ1) is 18.2.